The number of anilines is 2. The van der Waals surface area contributed by atoms with Crippen molar-refractivity contribution < 1.29 is 18.1 Å². The van der Waals surface area contributed by atoms with Crippen LogP contribution in [0.4, 0.5) is 17.1 Å². The van der Waals surface area contributed by atoms with E-state index >= 15 is 0 Å². The third-order valence-electron chi connectivity index (χ3n) is 4.18. The Kier molecular flexibility index (Phi) is 4.64. The van der Waals surface area contributed by atoms with E-state index in [0.29, 0.717) is 29.9 Å². The fourth-order valence-electron chi connectivity index (χ4n) is 2.79. The summed E-state index contributed by atoms with van der Waals surface area (Å²) in [6.45, 7) is 2.05. The average Bonchev–Trinajstić information content (AvgIpc) is 2.95. The van der Waals surface area contributed by atoms with Gasteiger partial charge >= 0.3 is 0 Å². The summed E-state index contributed by atoms with van der Waals surface area (Å²) in [7, 11) is -3.25. The maximum atomic E-state index is 12.3. The molecule has 1 heterocycles. The van der Waals surface area contributed by atoms with Gasteiger partial charge in [0.1, 0.15) is 0 Å². The van der Waals surface area contributed by atoms with Crippen LogP contribution in [0.25, 0.3) is 0 Å². The van der Waals surface area contributed by atoms with Gasteiger partial charge in [0.25, 0.3) is 11.6 Å². The minimum absolute atomic E-state index is 0.118. The summed E-state index contributed by atoms with van der Waals surface area (Å²) in [5.41, 5.74) is 1.55. The summed E-state index contributed by atoms with van der Waals surface area (Å²) in [5.74, 6) is -0.341. The highest BCUT2D eigenvalue weighted by atomic mass is 32.2. The number of carbonyl (C=O) groups is 1. The molecule has 136 valence electrons. The quantitative estimate of drug-likeness (QED) is 0.653. The third kappa shape index (κ3) is 3.52. The molecule has 1 aliphatic heterocycles. The van der Waals surface area contributed by atoms with E-state index in [-0.39, 0.29) is 17.0 Å². The van der Waals surface area contributed by atoms with Crippen LogP contribution in [-0.4, -0.2) is 31.5 Å². The first-order valence-electron chi connectivity index (χ1n) is 7.95. The van der Waals surface area contributed by atoms with Crippen LogP contribution < -0.4 is 9.62 Å². The highest BCUT2D eigenvalue weighted by Crippen LogP contribution is 2.26. The van der Waals surface area contributed by atoms with Crippen molar-refractivity contribution in [1.29, 1.82) is 0 Å². The fraction of sp³-hybridized carbons (Fsp3) is 0.235. The Hall–Kier alpha value is -2.94. The molecule has 0 spiro atoms. The lowest BCUT2D eigenvalue weighted by atomic mass is 10.1. The van der Waals surface area contributed by atoms with E-state index in [9.17, 15) is 23.3 Å². The number of nitro benzene ring substituents is 1. The summed E-state index contributed by atoms with van der Waals surface area (Å²) < 4.78 is 25.2. The van der Waals surface area contributed by atoms with Crippen molar-refractivity contribution >= 4 is 33.0 Å². The topological polar surface area (TPSA) is 110 Å². The zero-order valence-electron chi connectivity index (χ0n) is 14.0. The Morgan fingerprint density at radius 2 is 1.88 bits per heavy atom. The molecular weight excluding hydrogens is 358 g/mol. The van der Waals surface area contributed by atoms with Gasteiger partial charge in [-0.2, -0.15) is 0 Å². The Morgan fingerprint density at radius 3 is 2.46 bits per heavy atom. The molecule has 1 saturated heterocycles. The normalized spacial score (nSPS) is 15.7. The van der Waals surface area contributed by atoms with Crippen molar-refractivity contribution in [2.24, 2.45) is 0 Å². The average molecular weight is 375 g/mol. The Bertz CT molecular complexity index is 970. The van der Waals surface area contributed by atoms with Gasteiger partial charge in [-0.15, -0.1) is 0 Å². The number of sulfonamides is 1. The zero-order valence-corrected chi connectivity index (χ0v) is 14.8. The van der Waals surface area contributed by atoms with E-state index in [1.807, 2.05) is 0 Å². The van der Waals surface area contributed by atoms with Crippen molar-refractivity contribution in [3.63, 3.8) is 0 Å². The molecule has 1 amide bonds. The van der Waals surface area contributed by atoms with Gasteiger partial charge in [-0.25, -0.2) is 8.42 Å². The van der Waals surface area contributed by atoms with Crippen LogP contribution in [0.1, 0.15) is 22.3 Å². The molecule has 0 saturated carbocycles. The fourth-order valence-corrected chi connectivity index (χ4v) is 4.36. The zero-order chi connectivity index (χ0) is 18.9. The molecule has 2 aromatic carbocycles. The first-order chi connectivity index (χ1) is 12.3. The van der Waals surface area contributed by atoms with E-state index in [1.54, 1.807) is 31.2 Å². The second-order valence-corrected chi connectivity index (χ2v) is 8.01. The lowest BCUT2D eigenvalue weighted by Gasteiger charge is -2.17. The van der Waals surface area contributed by atoms with Gasteiger partial charge in [-0.05, 0) is 43.7 Å². The highest BCUT2D eigenvalue weighted by Gasteiger charge is 2.28. The van der Waals surface area contributed by atoms with Crippen molar-refractivity contribution in [1.82, 2.24) is 0 Å². The van der Waals surface area contributed by atoms with E-state index in [4.69, 9.17) is 0 Å². The molecule has 0 bridgehead atoms. The molecule has 0 aliphatic carbocycles. The van der Waals surface area contributed by atoms with E-state index < -0.39 is 20.9 Å². The van der Waals surface area contributed by atoms with Crippen LogP contribution in [0.2, 0.25) is 0 Å². The van der Waals surface area contributed by atoms with Crippen molar-refractivity contribution in [2.75, 3.05) is 21.9 Å². The first kappa shape index (κ1) is 17.9. The molecule has 1 fully saturated rings. The molecule has 0 radical (unpaired) electrons. The minimum Gasteiger partial charge on any atom is -0.322 e. The molecule has 1 N–H and O–H groups in total. The van der Waals surface area contributed by atoms with Crippen molar-refractivity contribution in [3.8, 4) is 0 Å². The molecule has 0 atom stereocenters. The SMILES string of the molecule is Cc1ccc(C(=O)Nc2ccc(N3CCCS3(=O)=O)cc2)cc1[N+](=O)[O-]. The second-order valence-electron chi connectivity index (χ2n) is 6.00. The van der Waals surface area contributed by atoms with Gasteiger partial charge in [-0.1, -0.05) is 6.07 Å². The van der Waals surface area contributed by atoms with Crippen LogP contribution in [0.3, 0.4) is 0 Å². The number of nitro groups is 1. The second kappa shape index (κ2) is 6.75. The summed E-state index contributed by atoms with van der Waals surface area (Å²) in [6.07, 6.45) is 0.590. The number of amides is 1. The van der Waals surface area contributed by atoms with Gasteiger partial charge in [0.05, 0.1) is 16.4 Å². The molecule has 8 nitrogen and oxygen atoms in total. The van der Waals surface area contributed by atoms with E-state index in [1.165, 1.54) is 22.5 Å². The maximum Gasteiger partial charge on any atom is 0.273 e. The molecule has 3 rings (SSSR count). The van der Waals surface area contributed by atoms with Crippen molar-refractivity contribution in [2.45, 2.75) is 13.3 Å². The lowest BCUT2D eigenvalue weighted by Crippen LogP contribution is -2.25. The Labute approximate surface area is 150 Å². The standard InChI is InChI=1S/C17H17N3O5S/c1-12-3-4-13(11-16(12)20(22)23)17(21)18-14-5-7-15(8-6-14)19-9-2-10-26(19,24)25/h3-8,11H,2,9-10H2,1H3,(H,18,21). The summed E-state index contributed by atoms with van der Waals surface area (Å²) in [6, 6.07) is 10.7. The van der Waals surface area contributed by atoms with Gasteiger partial charge in [0.15, 0.2) is 0 Å². The number of nitrogens with one attached hydrogen (secondary N) is 1. The molecule has 26 heavy (non-hydrogen) atoms. The maximum absolute atomic E-state index is 12.3. The number of hydrogen-bond acceptors (Lipinski definition) is 5. The number of carbonyl (C=O) groups excluding carboxylic acids is 1. The highest BCUT2D eigenvalue weighted by molar-refractivity contribution is 7.93. The van der Waals surface area contributed by atoms with Crippen molar-refractivity contribution in [3.05, 3.63) is 63.7 Å². The number of benzene rings is 2. The molecule has 0 unspecified atom stereocenters. The third-order valence-corrected chi connectivity index (χ3v) is 6.05. The van der Waals surface area contributed by atoms with Crippen LogP contribution in [0.15, 0.2) is 42.5 Å². The predicted octanol–water partition coefficient (Wildman–Crippen LogP) is 2.70. The number of aryl methyl sites for hydroxylation is 1. The van der Waals surface area contributed by atoms with Gasteiger partial charge < -0.3 is 5.32 Å². The van der Waals surface area contributed by atoms with Gasteiger partial charge in [0.2, 0.25) is 10.0 Å². The summed E-state index contributed by atoms with van der Waals surface area (Å²) >= 11 is 0. The van der Waals surface area contributed by atoms with Crippen LogP contribution >= 0.6 is 0 Å². The van der Waals surface area contributed by atoms with Crippen LogP contribution in [0.5, 0.6) is 0 Å². The largest absolute Gasteiger partial charge is 0.322 e. The Balaban J connectivity index is 1.76. The molecule has 1 aliphatic rings. The van der Waals surface area contributed by atoms with E-state index in [0.717, 1.165) is 0 Å². The Morgan fingerprint density at radius 1 is 1.19 bits per heavy atom. The van der Waals surface area contributed by atoms with Gasteiger partial charge in [-0.3, -0.25) is 19.2 Å². The molecule has 2 aromatic rings. The smallest absolute Gasteiger partial charge is 0.273 e. The predicted molar refractivity (Wildman–Crippen MR) is 98.0 cm³/mol. The van der Waals surface area contributed by atoms with E-state index in [2.05, 4.69) is 5.32 Å². The number of rotatable bonds is 4. The van der Waals surface area contributed by atoms with Crippen LogP contribution in [-0.2, 0) is 10.0 Å². The summed E-state index contributed by atoms with van der Waals surface area (Å²) in [4.78, 5) is 22.8. The lowest BCUT2D eigenvalue weighted by molar-refractivity contribution is -0.385. The summed E-state index contributed by atoms with van der Waals surface area (Å²) in [5, 5.41) is 13.6. The van der Waals surface area contributed by atoms with Crippen LogP contribution in [0, 0.1) is 17.0 Å². The van der Waals surface area contributed by atoms with Gasteiger partial charge in [0, 0.05) is 29.4 Å². The molecular formula is C17H17N3O5S. The molecule has 9 heteroatoms. The number of hydrogen-bond donors (Lipinski definition) is 1. The minimum atomic E-state index is -3.25. The monoisotopic (exact) mass is 375 g/mol. The first-order valence-corrected chi connectivity index (χ1v) is 9.56. The number of nitrogens with zero attached hydrogens (tertiary/aromatic N) is 2. The molecule has 0 aromatic heterocycles.